The highest BCUT2D eigenvalue weighted by Gasteiger charge is 2.35. The maximum atomic E-state index is 6.33. The number of likely N-dealkylation sites (N-methyl/N-ethyl adjacent to an activating group) is 1. The first kappa shape index (κ1) is 16.4. The van der Waals surface area contributed by atoms with Gasteiger partial charge >= 0.3 is 0 Å². The summed E-state index contributed by atoms with van der Waals surface area (Å²) in [6.07, 6.45) is 3.88. The smallest absolute Gasteiger partial charge is 0.119 e. The van der Waals surface area contributed by atoms with Gasteiger partial charge in [-0.3, -0.25) is 0 Å². The molecule has 2 nitrogen and oxygen atoms in total. The Balaban J connectivity index is 2.06. The van der Waals surface area contributed by atoms with Crippen LogP contribution < -0.4 is 10.1 Å². The standard InChI is InChI=1S/C19H31NO/c1-6-20-17-11-12-19(4,5)13-18(17)21-16-9-7-15(8-10-16)14(2)3/h7-10,14,17-18,20H,6,11-13H2,1-5H3. The molecule has 118 valence electrons. The SMILES string of the molecule is CCNC1CCC(C)(C)CC1Oc1ccc(C(C)C)cc1. The van der Waals surface area contributed by atoms with E-state index in [1.807, 2.05) is 0 Å². The van der Waals surface area contributed by atoms with Crippen LogP contribution in [0.4, 0.5) is 0 Å². The van der Waals surface area contributed by atoms with Gasteiger partial charge in [-0.2, -0.15) is 0 Å². The second-order valence-corrected chi connectivity index (χ2v) is 7.45. The van der Waals surface area contributed by atoms with Crippen molar-refractivity contribution in [1.82, 2.24) is 5.32 Å². The average molecular weight is 289 g/mol. The number of rotatable bonds is 5. The second-order valence-electron chi connectivity index (χ2n) is 7.45. The van der Waals surface area contributed by atoms with Crippen molar-refractivity contribution in [2.45, 2.75) is 71.9 Å². The van der Waals surface area contributed by atoms with Crippen LogP contribution in [0.2, 0.25) is 0 Å². The summed E-state index contributed by atoms with van der Waals surface area (Å²) in [6, 6.07) is 9.11. The number of benzene rings is 1. The summed E-state index contributed by atoms with van der Waals surface area (Å²) in [5.74, 6) is 1.58. The van der Waals surface area contributed by atoms with Gasteiger partial charge in [0.1, 0.15) is 11.9 Å². The molecule has 21 heavy (non-hydrogen) atoms. The van der Waals surface area contributed by atoms with Gasteiger partial charge in [-0.05, 0) is 54.8 Å². The van der Waals surface area contributed by atoms with Gasteiger partial charge in [0.05, 0.1) is 0 Å². The Kier molecular flexibility index (Phi) is 5.32. The monoisotopic (exact) mass is 289 g/mol. The molecule has 2 rings (SSSR count). The van der Waals surface area contributed by atoms with Crippen molar-refractivity contribution in [3.05, 3.63) is 29.8 Å². The highest BCUT2D eigenvalue weighted by Crippen LogP contribution is 2.37. The van der Waals surface area contributed by atoms with Crippen LogP contribution >= 0.6 is 0 Å². The largest absolute Gasteiger partial charge is 0.489 e. The van der Waals surface area contributed by atoms with Gasteiger partial charge in [0.15, 0.2) is 0 Å². The number of hydrogen-bond donors (Lipinski definition) is 1. The number of ether oxygens (including phenoxy) is 1. The van der Waals surface area contributed by atoms with Crippen LogP contribution in [0.1, 0.15) is 65.4 Å². The van der Waals surface area contributed by atoms with Crippen molar-refractivity contribution in [1.29, 1.82) is 0 Å². The molecular weight excluding hydrogens is 258 g/mol. The molecule has 0 bridgehead atoms. The lowest BCUT2D eigenvalue weighted by Crippen LogP contribution is -2.49. The van der Waals surface area contributed by atoms with E-state index in [0.717, 1.165) is 18.7 Å². The molecule has 1 aromatic rings. The lowest BCUT2D eigenvalue weighted by molar-refractivity contribution is 0.0536. The molecule has 0 amide bonds. The van der Waals surface area contributed by atoms with Crippen LogP contribution in [0.3, 0.4) is 0 Å². The van der Waals surface area contributed by atoms with E-state index in [1.54, 1.807) is 0 Å². The summed E-state index contributed by atoms with van der Waals surface area (Å²) in [7, 11) is 0. The van der Waals surface area contributed by atoms with Crippen molar-refractivity contribution >= 4 is 0 Å². The quantitative estimate of drug-likeness (QED) is 0.845. The minimum absolute atomic E-state index is 0.276. The predicted molar refractivity (Wildman–Crippen MR) is 90.0 cm³/mol. The summed E-state index contributed by atoms with van der Waals surface area (Å²) in [4.78, 5) is 0. The van der Waals surface area contributed by atoms with Crippen molar-refractivity contribution in [3.63, 3.8) is 0 Å². The third-order valence-electron chi connectivity index (χ3n) is 4.64. The summed E-state index contributed by atoms with van der Waals surface area (Å²) >= 11 is 0. The summed E-state index contributed by atoms with van der Waals surface area (Å²) in [6.45, 7) is 12.3. The Morgan fingerprint density at radius 3 is 2.48 bits per heavy atom. The Morgan fingerprint density at radius 2 is 1.90 bits per heavy atom. The Hall–Kier alpha value is -1.02. The van der Waals surface area contributed by atoms with E-state index in [2.05, 4.69) is 64.2 Å². The molecule has 2 atom stereocenters. The molecule has 2 heteroatoms. The minimum atomic E-state index is 0.276. The molecule has 1 N–H and O–H groups in total. The van der Waals surface area contributed by atoms with Gasteiger partial charge in [0.25, 0.3) is 0 Å². The molecule has 0 saturated heterocycles. The lowest BCUT2D eigenvalue weighted by atomic mass is 9.74. The molecule has 1 fully saturated rings. The third kappa shape index (κ3) is 4.47. The molecule has 0 heterocycles. The highest BCUT2D eigenvalue weighted by atomic mass is 16.5. The highest BCUT2D eigenvalue weighted by molar-refractivity contribution is 5.29. The predicted octanol–water partition coefficient (Wildman–Crippen LogP) is 4.75. The van der Waals surface area contributed by atoms with Crippen LogP contribution in [-0.2, 0) is 0 Å². The summed E-state index contributed by atoms with van der Waals surface area (Å²) in [5.41, 5.74) is 1.75. The molecule has 0 radical (unpaired) electrons. The van der Waals surface area contributed by atoms with Gasteiger partial charge < -0.3 is 10.1 Å². The maximum absolute atomic E-state index is 6.33. The van der Waals surface area contributed by atoms with Crippen LogP contribution in [0, 0.1) is 5.41 Å². The minimum Gasteiger partial charge on any atom is -0.489 e. The van der Waals surface area contributed by atoms with Gasteiger partial charge in [0, 0.05) is 6.04 Å². The topological polar surface area (TPSA) is 21.3 Å². The fourth-order valence-electron chi connectivity index (χ4n) is 3.25. The van der Waals surface area contributed by atoms with Gasteiger partial charge in [-0.25, -0.2) is 0 Å². The Labute approximate surface area is 130 Å². The molecule has 2 unspecified atom stereocenters. The fourth-order valence-corrected chi connectivity index (χ4v) is 3.25. The number of hydrogen-bond acceptors (Lipinski definition) is 2. The molecule has 0 spiro atoms. The third-order valence-corrected chi connectivity index (χ3v) is 4.64. The van der Waals surface area contributed by atoms with Crippen molar-refractivity contribution < 1.29 is 4.74 Å². The molecule has 1 aromatic carbocycles. The zero-order valence-corrected chi connectivity index (χ0v) is 14.3. The molecule has 1 aliphatic carbocycles. The first-order chi connectivity index (χ1) is 9.91. The lowest BCUT2D eigenvalue weighted by Gasteiger charge is -2.41. The van der Waals surface area contributed by atoms with Crippen LogP contribution in [-0.4, -0.2) is 18.7 Å². The maximum Gasteiger partial charge on any atom is 0.119 e. The van der Waals surface area contributed by atoms with Crippen LogP contribution in [0.5, 0.6) is 5.75 Å². The van der Waals surface area contributed by atoms with E-state index in [1.165, 1.54) is 18.4 Å². The Morgan fingerprint density at radius 1 is 1.24 bits per heavy atom. The van der Waals surface area contributed by atoms with Gasteiger partial charge in [-0.1, -0.05) is 46.8 Å². The van der Waals surface area contributed by atoms with Crippen molar-refractivity contribution in [3.8, 4) is 5.75 Å². The normalized spacial score (nSPS) is 25.0. The van der Waals surface area contributed by atoms with E-state index in [9.17, 15) is 0 Å². The van der Waals surface area contributed by atoms with E-state index in [4.69, 9.17) is 4.74 Å². The first-order valence-electron chi connectivity index (χ1n) is 8.41. The Bertz CT molecular complexity index is 435. The van der Waals surface area contributed by atoms with Crippen LogP contribution in [0.25, 0.3) is 0 Å². The summed E-state index contributed by atoms with van der Waals surface area (Å²) in [5, 5.41) is 3.60. The zero-order chi connectivity index (χ0) is 15.5. The van der Waals surface area contributed by atoms with Crippen LogP contribution in [0.15, 0.2) is 24.3 Å². The van der Waals surface area contributed by atoms with E-state index < -0.39 is 0 Å². The van der Waals surface area contributed by atoms with E-state index in [0.29, 0.717) is 17.4 Å². The molecular formula is C19H31NO. The van der Waals surface area contributed by atoms with Crippen molar-refractivity contribution in [2.24, 2.45) is 5.41 Å². The summed E-state index contributed by atoms with van der Waals surface area (Å²) < 4.78 is 6.33. The zero-order valence-electron chi connectivity index (χ0n) is 14.3. The second kappa shape index (κ2) is 6.83. The molecule has 0 aromatic heterocycles. The van der Waals surface area contributed by atoms with Gasteiger partial charge in [0.2, 0.25) is 0 Å². The van der Waals surface area contributed by atoms with E-state index >= 15 is 0 Å². The van der Waals surface area contributed by atoms with E-state index in [-0.39, 0.29) is 6.10 Å². The molecule has 1 aliphatic rings. The van der Waals surface area contributed by atoms with Crippen molar-refractivity contribution in [2.75, 3.05) is 6.54 Å². The van der Waals surface area contributed by atoms with Gasteiger partial charge in [-0.15, -0.1) is 0 Å². The average Bonchev–Trinajstić information content (AvgIpc) is 2.42. The molecule has 0 aliphatic heterocycles. The molecule has 1 saturated carbocycles. The fraction of sp³-hybridized carbons (Fsp3) is 0.684. The first-order valence-corrected chi connectivity index (χ1v) is 8.41. The number of nitrogens with one attached hydrogen (secondary N) is 1.